The van der Waals surface area contributed by atoms with Crippen molar-refractivity contribution in [2.24, 2.45) is 0 Å². The molecule has 4 heteroatoms. The molecule has 0 bridgehead atoms. The second-order valence-corrected chi connectivity index (χ2v) is 7.39. The van der Waals surface area contributed by atoms with Crippen LogP contribution < -0.4 is 5.32 Å². The van der Waals surface area contributed by atoms with E-state index in [-0.39, 0.29) is 5.97 Å². The van der Waals surface area contributed by atoms with Gasteiger partial charge >= 0.3 is 5.97 Å². The van der Waals surface area contributed by atoms with Gasteiger partial charge in [-0.3, -0.25) is 10.1 Å². The van der Waals surface area contributed by atoms with Gasteiger partial charge in [-0.2, -0.15) is 0 Å². The van der Waals surface area contributed by atoms with Crippen molar-refractivity contribution in [1.82, 2.24) is 5.32 Å². The normalized spacial score (nSPS) is 28.5. The largest absolute Gasteiger partial charge is 0.465 e. The van der Waals surface area contributed by atoms with E-state index in [1.165, 1.54) is 17.7 Å². The number of esters is 1. The summed E-state index contributed by atoms with van der Waals surface area (Å²) in [5.41, 5.74) is -0.441. The van der Waals surface area contributed by atoms with Gasteiger partial charge in [-0.15, -0.1) is 11.8 Å². The molecule has 0 aromatic heterocycles. The summed E-state index contributed by atoms with van der Waals surface area (Å²) in [4.78, 5) is 13.7. The molecule has 3 nitrogen and oxygen atoms in total. The van der Waals surface area contributed by atoms with Gasteiger partial charge < -0.3 is 4.74 Å². The van der Waals surface area contributed by atoms with E-state index in [0.29, 0.717) is 17.9 Å². The molecule has 2 fully saturated rings. The highest BCUT2D eigenvalue weighted by Gasteiger charge is 2.49. The summed E-state index contributed by atoms with van der Waals surface area (Å²) in [6, 6.07) is 11.0. The van der Waals surface area contributed by atoms with Crippen molar-refractivity contribution in [3.63, 3.8) is 0 Å². The van der Waals surface area contributed by atoms with Crippen LogP contribution in [0.2, 0.25) is 0 Å². The summed E-state index contributed by atoms with van der Waals surface area (Å²) in [7, 11) is 0. The van der Waals surface area contributed by atoms with Crippen molar-refractivity contribution in [3.05, 3.63) is 30.3 Å². The van der Waals surface area contributed by atoms with Crippen LogP contribution in [0.1, 0.15) is 39.0 Å². The Morgan fingerprint density at radius 1 is 1.33 bits per heavy atom. The number of nitrogens with one attached hydrogen (secondary N) is 1. The van der Waals surface area contributed by atoms with E-state index >= 15 is 0 Å². The van der Waals surface area contributed by atoms with Gasteiger partial charge in [0.2, 0.25) is 0 Å². The second-order valence-electron chi connectivity index (χ2n) is 6.02. The summed E-state index contributed by atoms with van der Waals surface area (Å²) >= 11 is 1.89. The van der Waals surface area contributed by atoms with Crippen LogP contribution in [0.15, 0.2) is 35.2 Å². The molecule has 0 amide bonds. The third kappa shape index (κ3) is 3.61. The molecule has 0 aliphatic heterocycles. The quantitative estimate of drug-likeness (QED) is 0.818. The molecule has 1 N–H and O–H groups in total. The lowest BCUT2D eigenvalue weighted by molar-refractivity contribution is -0.151. The van der Waals surface area contributed by atoms with E-state index < -0.39 is 5.54 Å². The number of thioether (sulfide) groups is 1. The van der Waals surface area contributed by atoms with Crippen molar-refractivity contribution in [3.8, 4) is 0 Å². The van der Waals surface area contributed by atoms with Crippen LogP contribution >= 0.6 is 11.8 Å². The Morgan fingerprint density at radius 2 is 2.10 bits per heavy atom. The van der Waals surface area contributed by atoms with E-state index in [1.807, 2.05) is 24.8 Å². The number of carbonyl (C=O) groups excluding carboxylic acids is 1. The van der Waals surface area contributed by atoms with E-state index in [2.05, 4.69) is 29.6 Å². The molecular formula is C17H23NO2S. The van der Waals surface area contributed by atoms with E-state index in [4.69, 9.17) is 4.74 Å². The van der Waals surface area contributed by atoms with Crippen LogP contribution in [0.25, 0.3) is 0 Å². The average Bonchev–Trinajstić information content (AvgIpc) is 3.20. The van der Waals surface area contributed by atoms with Crippen LogP contribution in [0.3, 0.4) is 0 Å². The number of hydrogen-bond acceptors (Lipinski definition) is 4. The molecule has 2 saturated carbocycles. The standard InChI is InChI=1S/C17H23NO2S/c1-2-20-16(19)17(18-13-8-9-13)11-10-15(12-17)21-14-6-4-3-5-7-14/h3-7,13,15,18H,2,8-12H2,1H3. The zero-order valence-corrected chi connectivity index (χ0v) is 13.3. The fourth-order valence-corrected chi connectivity index (χ4v) is 4.36. The number of ether oxygens (including phenoxy) is 1. The topological polar surface area (TPSA) is 38.3 Å². The monoisotopic (exact) mass is 305 g/mol. The maximum absolute atomic E-state index is 12.4. The van der Waals surface area contributed by atoms with Crippen molar-refractivity contribution in [2.75, 3.05) is 6.61 Å². The summed E-state index contributed by atoms with van der Waals surface area (Å²) in [5, 5.41) is 4.07. The molecular weight excluding hydrogens is 282 g/mol. The minimum atomic E-state index is -0.441. The Kier molecular flexibility index (Phi) is 4.55. The molecule has 0 saturated heterocycles. The lowest BCUT2D eigenvalue weighted by Crippen LogP contribution is -2.52. The van der Waals surface area contributed by atoms with Crippen molar-refractivity contribution < 1.29 is 9.53 Å². The molecule has 0 spiro atoms. The summed E-state index contributed by atoms with van der Waals surface area (Å²) in [6.07, 6.45) is 5.22. The minimum absolute atomic E-state index is 0.0481. The maximum atomic E-state index is 12.4. The molecule has 0 radical (unpaired) electrons. The molecule has 2 aliphatic carbocycles. The Morgan fingerprint density at radius 3 is 2.76 bits per heavy atom. The Hall–Kier alpha value is -1.00. The first-order valence-corrected chi connectivity index (χ1v) is 8.76. The average molecular weight is 305 g/mol. The van der Waals surface area contributed by atoms with Gasteiger partial charge in [-0.05, 0) is 51.2 Å². The molecule has 21 heavy (non-hydrogen) atoms. The van der Waals surface area contributed by atoms with Crippen LogP contribution in [0.4, 0.5) is 0 Å². The van der Waals surface area contributed by atoms with Gasteiger partial charge in [0, 0.05) is 16.2 Å². The minimum Gasteiger partial charge on any atom is -0.465 e. The third-order valence-corrected chi connectivity index (χ3v) is 5.52. The molecule has 2 aliphatic rings. The van der Waals surface area contributed by atoms with Crippen molar-refractivity contribution in [1.29, 1.82) is 0 Å². The Bertz CT molecular complexity index is 489. The molecule has 2 unspecified atom stereocenters. The second kappa shape index (κ2) is 6.41. The van der Waals surface area contributed by atoms with E-state index in [9.17, 15) is 4.79 Å². The van der Waals surface area contributed by atoms with Crippen molar-refractivity contribution >= 4 is 17.7 Å². The van der Waals surface area contributed by atoms with Gasteiger partial charge in [-0.1, -0.05) is 18.2 Å². The first-order valence-electron chi connectivity index (χ1n) is 7.88. The predicted molar refractivity (Wildman–Crippen MR) is 85.5 cm³/mol. The van der Waals surface area contributed by atoms with E-state index in [1.54, 1.807) is 0 Å². The number of carbonyl (C=O) groups is 1. The lowest BCUT2D eigenvalue weighted by atomic mass is 9.97. The summed E-state index contributed by atoms with van der Waals surface area (Å²) in [5.74, 6) is -0.0481. The lowest BCUT2D eigenvalue weighted by Gasteiger charge is -2.28. The van der Waals surface area contributed by atoms with Gasteiger partial charge in [0.05, 0.1) is 6.61 Å². The maximum Gasteiger partial charge on any atom is 0.326 e. The molecule has 1 aromatic rings. The summed E-state index contributed by atoms with van der Waals surface area (Å²) < 4.78 is 5.35. The molecule has 0 heterocycles. The smallest absolute Gasteiger partial charge is 0.326 e. The predicted octanol–water partition coefficient (Wildman–Crippen LogP) is 3.39. The van der Waals surface area contributed by atoms with Gasteiger partial charge in [-0.25, -0.2) is 0 Å². The Labute approximate surface area is 130 Å². The zero-order valence-electron chi connectivity index (χ0n) is 12.5. The molecule has 3 rings (SSSR count). The van der Waals surface area contributed by atoms with Crippen LogP contribution in [0.5, 0.6) is 0 Å². The third-order valence-electron chi connectivity index (χ3n) is 4.24. The first kappa shape index (κ1) is 14.9. The highest BCUT2D eigenvalue weighted by Crippen LogP contribution is 2.42. The summed E-state index contributed by atoms with van der Waals surface area (Å²) in [6.45, 7) is 2.34. The molecule has 2 atom stereocenters. The van der Waals surface area contributed by atoms with Crippen LogP contribution in [-0.4, -0.2) is 29.4 Å². The van der Waals surface area contributed by atoms with Crippen LogP contribution in [0, 0.1) is 0 Å². The fraction of sp³-hybridized carbons (Fsp3) is 0.588. The molecule has 1 aromatic carbocycles. The fourth-order valence-electron chi connectivity index (χ4n) is 3.06. The molecule has 114 valence electrons. The number of benzene rings is 1. The highest BCUT2D eigenvalue weighted by atomic mass is 32.2. The van der Waals surface area contributed by atoms with Crippen LogP contribution in [-0.2, 0) is 9.53 Å². The van der Waals surface area contributed by atoms with Gasteiger partial charge in [0.25, 0.3) is 0 Å². The number of rotatable bonds is 6. The highest BCUT2D eigenvalue weighted by molar-refractivity contribution is 8.00. The van der Waals surface area contributed by atoms with E-state index in [0.717, 1.165) is 19.3 Å². The Balaban J connectivity index is 1.66. The SMILES string of the molecule is CCOC(=O)C1(NC2CC2)CCC(Sc2ccccc2)C1. The van der Waals surface area contributed by atoms with Crippen molar-refractivity contribution in [2.45, 2.75) is 60.8 Å². The number of hydrogen-bond donors (Lipinski definition) is 1. The van der Waals surface area contributed by atoms with Gasteiger partial charge in [0.1, 0.15) is 5.54 Å². The first-order chi connectivity index (χ1) is 10.2. The van der Waals surface area contributed by atoms with Gasteiger partial charge in [0.15, 0.2) is 0 Å². The zero-order chi connectivity index (χ0) is 14.7.